The van der Waals surface area contributed by atoms with Crippen molar-refractivity contribution in [1.29, 1.82) is 0 Å². The molecule has 0 heterocycles. The summed E-state index contributed by atoms with van der Waals surface area (Å²) in [5.74, 6) is -1.47. The van der Waals surface area contributed by atoms with Crippen LogP contribution in [0.4, 0.5) is 0 Å². The van der Waals surface area contributed by atoms with Crippen LogP contribution in [0.5, 0.6) is 0 Å². The molecular weight excluding hydrogens is 975 g/mol. The highest BCUT2D eigenvalue weighted by Crippen LogP contribution is 2.49. The Morgan fingerprint density at radius 3 is 1.61 bits per heavy atom. The first-order chi connectivity index (χ1) is 34.4. The number of aliphatic hydroxyl groups is 6. The molecule has 0 aromatic carbocycles. The number of esters is 2. The maximum Gasteiger partial charge on any atom is 0.472 e. The summed E-state index contributed by atoms with van der Waals surface area (Å²) in [6.07, 6.45) is 29.9. The number of carbonyl (C=O) groups excluding carboxylic acids is 2. The number of phosphoric ester groups is 2. The van der Waals surface area contributed by atoms with E-state index in [-0.39, 0.29) is 25.7 Å². The molecule has 1 fully saturated rings. The lowest BCUT2D eigenvalue weighted by Gasteiger charge is -2.43. The fraction of sp³-hybridized carbons (Fsp3) is 0.692. The summed E-state index contributed by atoms with van der Waals surface area (Å²) in [4.78, 5) is 54.4. The van der Waals surface area contributed by atoms with Crippen LogP contribution in [0.1, 0.15) is 162 Å². The van der Waals surface area contributed by atoms with E-state index in [2.05, 4.69) is 60.9 Å². The van der Waals surface area contributed by atoms with E-state index in [9.17, 15) is 64.0 Å². The minimum atomic E-state index is -5.40. The Labute approximate surface area is 428 Å². The Balaban J connectivity index is 2.67. The van der Waals surface area contributed by atoms with Gasteiger partial charge < -0.3 is 54.8 Å². The molecule has 10 atom stereocenters. The van der Waals surface area contributed by atoms with Crippen LogP contribution in [0.25, 0.3) is 0 Å². The lowest BCUT2D eigenvalue weighted by atomic mass is 9.85. The molecule has 414 valence electrons. The third-order valence-corrected chi connectivity index (χ3v) is 12.9. The van der Waals surface area contributed by atoms with Gasteiger partial charge in [0.1, 0.15) is 43.2 Å². The van der Waals surface area contributed by atoms with Crippen LogP contribution in [0.2, 0.25) is 0 Å². The Morgan fingerprint density at radius 1 is 0.528 bits per heavy atom. The number of rotatable bonds is 42. The van der Waals surface area contributed by atoms with E-state index < -0.39 is 95.7 Å². The average Bonchev–Trinajstić information content (AvgIpc) is 3.33. The molecule has 1 aliphatic carbocycles. The molecule has 20 heteroatoms. The Hall–Kier alpha value is -2.90. The van der Waals surface area contributed by atoms with Gasteiger partial charge in [-0.05, 0) is 77.0 Å². The van der Waals surface area contributed by atoms with Crippen molar-refractivity contribution < 1.29 is 87.1 Å². The number of carbonyl (C=O) groups is 2. The molecule has 0 spiro atoms. The number of aliphatic hydroxyl groups excluding tert-OH is 6. The summed E-state index contributed by atoms with van der Waals surface area (Å²) >= 11 is 0. The molecule has 9 N–H and O–H groups in total. The molecule has 1 saturated carbocycles. The predicted molar refractivity (Wildman–Crippen MR) is 276 cm³/mol. The molecule has 18 nitrogen and oxygen atoms in total. The van der Waals surface area contributed by atoms with Crippen LogP contribution >= 0.6 is 15.6 Å². The van der Waals surface area contributed by atoms with Crippen molar-refractivity contribution >= 4 is 27.6 Å². The molecule has 72 heavy (non-hydrogen) atoms. The number of unbranched alkanes of at least 4 members (excludes halogenated alkanes) is 13. The van der Waals surface area contributed by atoms with E-state index in [1.54, 1.807) is 30.4 Å². The molecule has 0 aromatic heterocycles. The zero-order chi connectivity index (χ0) is 53.5. The van der Waals surface area contributed by atoms with Gasteiger partial charge >= 0.3 is 27.6 Å². The molecule has 0 bridgehead atoms. The van der Waals surface area contributed by atoms with Gasteiger partial charge in [0.25, 0.3) is 0 Å². The molecule has 0 aromatic rings. The van der Waals surface area contributed by atoms with Gasteiger partial charge in [-0.25, -0.2) is 9.13 Å². The molecular formula is C52H88O18P2. The number of phosphoric acid groups is 2. The fourth-order valence-electron chi connectivity index (χ4n) is 7.28. The normalized spacial score (nSPS) is 22.3. The van der Waals surface area contributed by atoms with Crippen molar-refractivity contribution in [2.75, 3.05) is 13.2 Å². The Morgan fingerprint density at radius 2 is 1.01 bits per heavy atom. The summed E-state index contributed by atoms with van der Waals surface area (Å²) in [7, 11) is -10.8. The summed E-state index contributed by atoms with van der Waals surface area (Å²) in [5.41, 5.74) is 0. The smallest absolute Gasteiger partial charge is 0.462 e. The maximum absolute atomic E-state index is 13.0. The standard InChI is InChI=1S/C52H88O18P2/c1-3-5-7-9-11-12-13-14-15-16-17-18-19-20-21-22-23-24-26-32-38-45(55)66-40-44(41-67-72(64,65)70-52-49(59)47(57)48(58)51(50(52)60)69-71(61,62)63)68-46(56)39-33-37-43(54)36-31-28-27-30-35-42(53)34-29-25-10-8-6-4-2/h12-13,15-16,18-19,25,27-31,35-36,42-44,47-54,57-60H,3-11,14,17,20-24,26,32-34,37-41H2,1-2H3,(H,64,65)(H2,61,62,63)/b13-12-,16-15-,19-18-,28-27+,29-25-,35-30+,36-31-/t42-,43-,44+,47?,48?,49?,50?,51+,52-/m0/s1. The van der Waals surface area contributed by atoms with Gasteiger partial charge in [0.05, 0.1) is 18.8 Å². The van der Waals surface area contributed by atoms with Gasteiger partial charge in [-0.1, -0.05) is 157 Å². The second-order valence-electron chi connectivity index (χ2n) is 17.9. The van der Waals surface area contributed by atoms with E-state index in [0.717, 1.165) is 77.0 Å². The van der Waals surface area contributed by atoms with Crippen molar-refractivity contribution in [3.63, 3.8) is 0 Å². The molecule has 0 radical (unpaired) electrons. The zero-order valence-corrected chi connectivity index (χ0v) is 44.3. The molecule has 1 rings (SSSR count). The highest BCUT2D eigenvalue weighted by molar-refractivity contribution is 7.47. The number of hydrogen-bond acceptors (Lipinski definition) is 15. The Bertz CT molecular complexity index is 1740. The monoisotopic (exact) mass is 1060 g/mol. The minimum Gasteiger partial charge on any atom is -0.462 e. The summed E-state index contributed by atoms with van der Waals surface area (Å²) < 4.78 is 49.3. The number of allylic oxidation sites excluding steroid dienone is 11. The van der Waals surface area contributed by atoms with Gasteiger partial charge in [0.2, 0.25) is 0 Å². The first-order valence-corrected chi connectivity index (χ1v) is 28.9. The largest absolute Gasteiger partial charge is 0.472 e. The lowest BCUT2D eigenvalue weighted by molar-refractivity contribution is -0.216. The van der Waals surface area contributed by atoms with Crippen molar-refractivity contribution in [2.24, 2.45) is 0 Å². The van der Waals surface area contributed by atoms with Crippen molar-refractivity contribution in [3.05, 3.63) is 85.1 Å². The van der Waals surface area contributed by atoms with Crippen LogP contribution in [0.3, 0.4) is 0 Å². The maximum atomic E-state index is 13.0. The van der Waals surface area contributed by atoms with Crippen molar-refractivity contribution in [3.8, 4) is 0 Å². The van der Waals surface area contributed by atoms with E-state index in [1.807, 2.05) is 6.08 Å². The topological polar surface area (TPSA) is 296 Å². The van der Waals surface area contributed by atoms with Crippen LogP contribution in [-0.4, -0.2) is 125 Å². The van der Waals surface area contributed by atoms with Gasteiger partial charge in [-0.15, -0.1) is 0 Å². The van der Waals surface area contributed by atoms with E-state index in [1.165, 1.54) is 38.2 Å². The van der Waals surface area contributed by atoms with Gasteiger partial charge in [0, 0.05) is 12.8 Å². The van der Waals surface area contributed by atoms with Crippen molar-refractivity contribution in [1.82, 2.24) is 0 Å². The lowest BCUT2D eigenvalue weighted by Crippen LogP contribution is -2.64. The SMILES string of the molecule is CCCCC/C=C\C[C@H](O)/C=C/C=C/C=C\[C@H](O)CCCC(=O)O[C@H](COC(=O)CCCCCCCC/C=C\C/C=C\C/C=C\CCCCCC)COP(=O)(O)O[C@H]1C(O)C(O)C(O)[C@@H](OP(=O)(O)O)C1O. The summed E-state index contributed by atoms with van der Waals surface area (Å²) in [6.45, 7) is 2.82. The van der Waals surface area contributed by atoms with E-state index in [4.69, 9.17) is 18.5 Å². The van der Waals surface area contributed by atoms with Gasteiger partial charge in [0.15, 0.2) is 6.10 Å². The second kappa shape index (κ2) is 41.4. The molecule has 5 unspecified atom stereocenters. The van der Waals surface area contributed by atoms with Gasteiger partial charge in [-0.3, -0.25) is 23.2 Å². The quantitative estimate of drug-likeness (QED) is 0.00910. The Kier molecular flexibility index (Phi) is 38.6. The third-order valence-electron chi connectivity index (χ3n) is 11.4. The van der Waals surface area contributed by atoms with Crippen LogP contribution < -0.4 is 0 Å². The average molecular weight is 1060 g/mol. The first-order valence-electron chi connectivity index (χ1n) is 25.8. The third kappa shape index (κ3) is 35.3. The first kappa shape index (κ1) is 67.1. The molecule has 0 saturated heterocycles. The number of hydrogen-bond donors (Lipinski definition) is 9. The minimum absolute atomic E-state index is 0.0489. The van der Waals surface area contributed by atoms with Crippen LogP contribution in [0.15, 0.2) is 85.1 Å². The van der Waals surface area contributed by atoms with Crippen LogP contribution in [0, 0.1) is 0 Å². The highest BCUT2D eigenvalue weighted by atomic mass is 31.2. The predicted octanol–water partition coefficient (Wildman–Crippen LogP) is 8.51. The highest BCUT2D eigenvalue weighted by Gasteiger charge is 2.54. The summed E-state index contributed by atoms with van der Waals surface area (Å²) in [5, 5.41) is 61.8. The molecule has 1 aliphatic rings. The molecule has 0 aliphatic heterocycles. The van der Waals surface area contributed by atoms with E-state index in [0.29, 0.717) is 12.8 Å². The van der Waals surface area contributed by atoms with Gasteiger partial charge in [-0.2, -0.15) is 0 Å². The molecule has 0 amide bonds. The zero-order valence-electron chi connectivity index (χ0n) is 42.6. The number of ether oxygens (including phenoxy) is 2. The summed E-state index contributed by atoms with van der Waals surface area (Å²) in [6, 6.07) is 0. The fourth-order valence-corrected chi connectivity index (χ4v) is 8.82. The van der Waals surface area contributed by atoms with E-state index >= 15 is 0 Å². The van der Waals surface area contributed by atoms with Crippen molar-refractivity contribution in [2.45, 2.75) is 216 Å². The van der Waals surface area contributed by atoms with Crippen LogP contribution in [-0.2, 0) is 41.8 Å². The second-order valence-corrected chi connectivity index (χ2v) is 20.5.